The fraction of sp³-hybridized carbons (Fsp3) is 0.538. The number of nitrogens with zero attached hydrogens (tertiary/aromatic N) is 1. The molecule has 2 rings (SSSR count). The van der Waals surface area contributed by atoms with Crippen LogP contribution in [-0.4, -0.2) is 23.8 Å². The second-order valence-corrected chi connectivity index (χ2v) is 4.40. The molecular formula is C13H19NO. The first kappa shape index (κ1) is 10.5. The Morgan fingerprint density at radius 3 is 2.93 bits per heavy atom. The summed E-state index contributed by atoms with van der Waals surface area (Å²) in [7, 11) is 0. The predicted molar refractivity (Wildman–Crippen MR) is 63.3 cm³/mol. The Balaban J connectivity index is 2.18. The van der Waals surface area contributed by atoms with Crippen molar-refractivity contribution in [1.29, 1.82) is 0 Å². The highest BCUT2D eigenvalue weighted by Crippen LogP contribution is 2.31. The molecule has 0 aliphatic carbocycles. The number of hydrogen-bond acceptors (Lipinski definition) is 2. The van der Waals surface area contributed by atoms with E-state index in [1.807, 2.05) is 6.92 Å². The lowest BCUT2D eigenvalue weighted by atomic mass is 10.1. The van der Waals surface area contributed by atoms with E-state index in [1.54, 1.807) is 0 Å². The number of benzene rings is 1. The van der Waals surface area contributed by atoms with Crippen LogP contribution in [0.15, 0.2) is 24.3 Å². The van der Waals surface area contributed by atoms with Gasteiger partial charge in [0.1, 0.15) is 0 Å². The van der Waals surface area contributed by atoms with Gasteiger partial charge in [0.2, 0.25) is 0 Å². The maximum absolute atomic E-state index is 9.72. The van der Waals surface area contributed by atoms with Crippen molar-refractivity contribution >= 4 is 5.69 Å². The molecule has 82 valence electrons. The van der Waals surface area contributed by atoms with Crippen molar-refractivity contribution in [3.05, 3.63) is 29.8 Å². The molecular weight excluding hydrogens is 186 g/mol. The first-order chi connectivity index (χ1) is 7.22. The lowest BCUT2D eigenvalue weighted by Gasteiger charge is -2.27. The number of hydrogen-bond donors (Lipinski definition) is 1. The molecule has 1 N–H and O–H groups in total. The molecule has 1 heterocycles. The number of anilines is 1. The summed E-state index contributed by atoms with van der Waals surface area (Å²) in [5.41, 5.74) is 2.71. The van der Waals surface area contributed by atoms with Crippen molar-refractivity contribution in [3.63, 3.8) is 0 Å². The fourth-order valence-corrected chi connectivity index (χ4v) is 2.26. The topological polar surface area (TPSA) is 23.5 Å². The number of fused-ring (bicyclic) bond motifs is 1. The minimum absolute atomic E-state index is 0.210. The number of aliphatic hydroxyl groups is 1. The van der Waals surface area contributed by atoms with Gasteiger partial charge >= 0.3 is 0 Å². The summed E-state index contributed by atoms with van der Waals surface area (Å²) in [6.45, 7) is 5.01. The van der Waals surface area contributed by atoms with Crippen LogP contribution in [0.2, 0.25) is 0 Å². The average Bonchev–Trinajstić information content (AvgIpc) is 2.55. The van der Waals surface area contributed by atoms with Gasteiger partial charge in [-0.1, -0.05) is 25.1 Å². The first-order valence-corrected chi connectivity index (χ1v) is 5.75. The number of para-hydroxylation sites is 1. The zero-order valence-corrected chi connectivity index (χ0v) is 9.48. The van der Waals surface area contributed by atoms with E-state index in [9.17, 15) is 5.11 Å². The van der Waals surface area contributed by atoms with Crippen LogP contribution in [0, 0.1) is 0 Å². The SMILES string of the molecule is CCC(O)CN1c2ccccc2CC1C. The smallest absolute Gasteiger partial charge is 0.0712 e. The molecule has 2 nitrogen and oxygen atoms in total. The Morgan fingerprint density at radius 2 is 2.20 bits per heavy atom. The third-order valence-electron chi connectivity index (χ3n) is 3.23. The van der Waals surface area contributed by atoms with E-state index in [0.717, 1.165) is 19.4 Å². The van der Waals surface area contributed by atoms with E-state index in [-0.39, 0.29) is 6.10 Å². The molecule has 2 atom stereocenters. The highest BCUT2D eigenvalue weighted by molar-refractivity contribution is 5.59. The van der Waals surface area contributed by atoms with Gasteiger partial charge in [-0.15, -0.1) is 0 Å². The van der Waals surface area contributed by atoms with E-state index in [1.165, 1.54) is 11.3 Å². The van der Waals surface area contributed by atoms with Crippen LogP contribution in [0.25, 0.3) is 0 Å². The largest absolute Gasteiger partial charge is 0.391 e. The van der Waals surface area contributed by atoms with Gasteiger partial charge in [0.15, 0.2) is 0 Å². The molecule has 0 saturated carbocycles. The molecule has 0 aromatic heterocycles. The molecule has 0 amide bonds. The number of β-amino-alcohol motifs (C(OH)–C–C–N with tert-alkyl or cyclic N) is 1. The van der Waals surface area contributed by atoms with Gasteiger partial charge in [-0.05, 0) is 31.4 Å². The molecule has 0 fully saturated rings. The minimum atomic E-state index is -0.210. The van der Waals surface area contributed by atoms with Gasteiger partial charge in [-0.25, -0.2) is 0 Å². The predicted octanol–water partition coefficient (Wildman–Crippen LogP) is 2.21. The fourth-order valence-electron chi connectivity index (χ4n) is 2.26. The molecule has 0 saturated heterocycles. The Kier molecular flexibility index (Phi) is 2.96. The Bertz CT molecular complexity index is 337. The maximum atomic E-state index is 9.72. The Labute approximate surface area is 91.5 Å². The summed E-state index contributed by atoms with van der Waals surface area (Å²) < 4.78 is 0. The zero-order chi connectivity index (χ0) is 10.8. The number of rotatable bonds is 3. The van der Waals surface area contributed by atoms with Crippen LogP contribution in [-0.2, 0) is 6.42 Å². The zero-order valence-electron chi connectivity index (χ0n) is 9.48. The summed E-state index contributed by atoms with van der Waals surface area (Å²) in [5, 5.41) is 9.72. The van der Waals surface area contributed by atoms with Crippen molar-refractivity contribution in [2.24, 2.45) is 0 Å². The summed E-state index contributed by atoms with van der Waals surface area (Å²) in [6, 6.07) is 9.02. The summed E-state index contributed by atoms with van der Waals surface area (Å²) in [4.78, 5) is 2.32. The molecule has 2 unspecified atom stereocenters. The summed E-state index contributed by atoms with van der Waals surface area (Å²) in [6.07, 6.45) is 1.72. The molecule has 15 heavy (non-hydrogen) atoms. The van der Waals surface area contributed by atoms with E-state index >= 15 is 0 Å². The van der Waals surface area contributed by atoms with Gasteiger partial charge in [0, 0.05) is 18.3 Å². The molecule has 1 aromatic carbocycles. The van der Waals surface area contributed by atoms with Crippen molar-refractivity contribution in [2.75, 3.05) is 11.4 Å². The highest BCUT2D eigenvalue weighted by Gasteiger charge is 2.26. The summed E-state index contributed by atoms with van der Waals surface area (Å²) >= 11 is 0. The molecule has 1 aromatic rings. The van der Waals surface area contributed by atoms with Crippen molar-refractivity contribution < 1.29 is 5.11 Å². The molecule has 0 bridgehead atoms. The van der Waals surface area contributed by atoms with Crippen molar-refractivity contribution in [1.82, 2.24) is 0 Å². The monoisotopic (exact) mass is 205 g/mol. The van der Waals surface area contributed by atoms with E-state index in [2.05, 4.69) is 36.1 Å². The molecule has 0 spiro atoms. The molecule has 0 radical (unpaired) electrons. The van der Waals surface area contributed by atoms with Gasteiger partial charge in [-0.2, -0.15) is 0 Å². The Hall–Kier alpha value is -1.02. The maximum Gasteiger partial charge on any atom is 0.0712 e. The van der Waals surface area contributed by atoms with Crippen LogP contribution in [0.3, 0.4) is 0 Å². The molecule has 2 heteroatoms. The minimum Gasteiger partial charge on any atom is -0.391 e. The lowest BCUT2D eigenvalue weighted by Crippen LogP contribution is -2.36. The molecule has 1 aliphatic rings. The van der Waals surface area contributed by atoms with Gasteiger partial charge in [0.05, 0.1) is 6.10 Å². The van der Waals surface area contributed by atoms with E-state index in [4.69, 9.17) is 0 Å². The Morgan fingerprint density at radius 1 is 1.47 bits per heavy atom. The molecule has 1 aliphatic heterocycles. The van der Waals surface area contributed by atoms with Crippen molar-refractivity contribution in [2.45, 2.75) is 38.8 Å². The lowest BCUT2D eigenvalue weighted by molar-refractivity contribution is 0.174. The van der Waals surface area contributed by atoms with Gasteiger partial charge < -0.3 is 10.0 Å². The second-order valence-electron chi connectivity index (χ2n) is 4.40. The standard InChI is InChI=1S/C13H19NO/c1-3-12(15)9-14-10(2)8-11-6-4-5-7-13(11)14/h4-7,10,12,15H,3,8-9H2,1-2H3. The normalized spacial score (nSPS) is 21.5. The first-order valence-electron chi connectivity index (χ1n) is 5.75. The van der Waals surface area contributed by atoms with Gasteiger partial charge in [0.25, 0.3) is 0 Å². The third kappa shape index (κ3) is 2.00. The van der Waals surface area contributed by atoms with Gasteiger partial charge in [-0.3, -0.25) is 0 Å². The van der Waals surface area contributed by atoms with Crippen LogP contribution >= 0.6 is 0 Å². The van der Waals surface area contributed by atoms with Crippen LogP contribution in [0.5, 0.6) is 0 Å². The number of aliphatic hydroxyl groups excluding tert-OH is 1. The van der Waals surface area contributed by atoms with Crippen LogP contribution < -0.4 is 4.90 Å². The second kappa shape index (κ2) is 4.23. The van der Waals surface area contributed by atoms with E-state index < -0.39 is 0 Å². The highest BCUT2D eigenvalue weighted by atomic mass is 16.3. The quantitative estimate of drug-likeness (QED) is 0.817. The van der Waals surface area contributed by atoms with Crippen LogP contribution in [0.1, 0.15) is 25.8 Å². The average molecular weight is 205 g/mol. The third-order valence-corrected chi connectivity index (χ3v) is 3.23. The summed E-state index contributed by atoms with van der Waals surface area (Å²) in [5.74, 6) is 0. The van der Waals surface area contributed by atoms with E-state index in [0.29, 0.717) is 6.04 Å². The van der Waals surface area contributed by atoms with Crippen molar-refractivity contribution in [3.8, 4) is 0 Å². The van der Waals surface area contributed by atoms with Crippen LogP contribution in [0.4, 0.5) is 5.69 Å².